The average Bonchev–Trinajstić information content (AvgIpc) is 2.94. The Morgan fingerprint density at radius 2 is 2.25 bits per heavy atom. The molecule has 2 fully saturated rings. The minimum absolute atomic E-state index is 0.511. The molecule has 20 heavy (non-hydrogen) atoms. The zero-order valence-electron chi connectivity index (χ0n) is 12.3. The van der Waals surface area contributed by atoms with Gasteiger partial charge in [-0.15, -0.1) is 0 Å². The van der Waals surface area contributed by atoms with Crippen LogP contribution >= 0.6 is 0 Å². The summed E-state index contributed by atoms with van der Waals surface area (Å²) in [5.74, 6) is 1.67. The standard InChI is InChI=1S/C17H25NO2/c1-19-17-5-2-4-13(12-17)14-10-15(11-14)18-8-7-16-6-3-9-20-16/h2,4-5,12,14-16,18H,3,6-11H2,1H3. The molecular formula is C17H25NO2. The van der Waals surface area contributed by atoms with Crippen molar-refractivity contribution in [3.8, 4) is 5.75 Å². The number of rotatable bonds is 6. The quantitative estimate of drug-likeness (QED) is 0.865. The SMILES string of the molecule is COc1cccc(C2CC(NCCC3CCCO3)C2)c1. The van der Waals surface area contributed by atoms with Gasteiger partial charge in [0.1, 0.15) is 5.75 Å². The van der Waals surface area contributed by atoms with Gasteiger partial charge in [-0.3, -0.25) is 0 Å². The maximum atomic E-state index is 5.65. The van der Waals surface area contributed by atoms with Crippen molar-refractivity contribution in [3.63, 3.8) is 0 Å². The largest absolute Gasteiger partial charge is 0.497 e. The molecule has 1 aromatic rings. The van der Waals surface area contributed by atoms with Crippen LogP contribution in [-0.4, -0.2) is 32.4 Å². The molecule has 2 aliphatic rings. The van der Waals surface area contributed by atoms with Gasteiger partial charge in [-0.25, -0.2) is 0 Å². The Bertz CT molecular complexity index is 423. The summed E-state index contributed by atoms with van der Waals surface area (Å²) in [4.78, 5) is 0. The lowest BCUT2D eigenvalue weighted by Crippen LogP contribution is -2.41. The maximum absolute atomic E-state index is 5.65. The summed E-state index contributed by atoms with van der Waals surface area (Å²) >= 11 is 0. The Kier molecular flexibility index (Phi) is 4.58. The van der Waals surface area contributed by atoms with Crippen LogP contribution in [0.2, 0.25) is 0 Å². The molecule has 1 heterocycles. The van der Waals surface area contributed by atoms with Crippen LogP contribution in [0.4, 0.5) is 0 Å². The van der Waals surface area contributed by atoms with E-state index in [2.05, 4.69) is 23.5 Å². The molecule has 3 rings (SSSR count). The number of benzene rings is 1. The minimum Gasteiger partial charge on any atom is -0.497 e. The number of nitrogens with one attached hydrogen (secondary N) is 1. The smallest absolute Gasteiger partial charge is 0.119 e. The van der Waals surface area contributed by atoms with Crippen LogP contribution in [0, 0.1) is 0 Å². The molecule has 1 saturated heterocycles. The third kappa shape index (κ3) is 3.33. The summed E-state index contributed by atoms with van der Waals surface area (Å²) in [6, 6.07) is 9.18. The van der Waals surface area contributed by atoms with Crippen LogP contribution in [-0.2, 0) is 4.74 Å². The van der Waals surface area contributed by atoms with E-state index in [0.717, 1.165) is 18.9 Å². The van der Waals surface area contributed by atoms with Crippen LogP contribution in [0.1, 0.15) is 43.6 Å². The molecule has 1 N–H and O–H groups in total. The van der Waals surface area contributed by atoms with Crippen molar-refractivity contribution < 1.29 is 9.47 Å². The molecule has 3 heteroatoms. The first-order valence-corrected chi connectivity index (χ1v) is 7.84. The van der Waals surface area contributed by atoms with Gasteiger partial charge in [0, 0.05) is 12.6 Å². The van der Waals surface area contributed by atoms with Crippen LogP contribution in [0.3, 0.4) is 0 Å². The topological polar surface area (TPSA) is 30.5 Å². The Hall–Kier alpha value is -1.06. The van der Waals surface area contributed by atoms with Crippen molar-refractivity contribution >= 4 is 0 Å². The second-order valence-electron chi connectivity index (χ2n) is 6.02. The molecule has 3 nitrogen and oxygen atoms in total. The van der Waals surface area contributed by atoms with E-state index in [1.807, 2.05) is 6.07 Å². The summed E-state index contributed by atoms with van der Waals surface area (Å²) in [5.41, 5.74) is 1.42. The molecule has 1 saturated carbocycles. The van der Waals surface area contributed by atoms with E-state index in [0.29, 0.717) is 18.1 Å². The molecular weight excluding hydrogens is 250 g/mol. The number of hydrogen-bond donors (Lipinski definition) is 1. The molecule has 1 atom stereocenters. The third-order valence-corrected chi connectivity index (χ3v) is 4.63. The van der Waals surface area contributed by atoms with Crippen LogP contribution < -0.4 is 10.1 Å². The minimum atomic E-state index is 0.511. The Balaban J connectivity index is 1.37. The van der Waals surface area contributed by atoms with Crippen molar-refractivity contribution in [1.29, 1.82) is 0 Å². The highest BCUT2D eigenvalue weighted by Gasteiger charge is 2.30. The molecule has 0 spiro atoms. The maximum Gasteiger partial charge on any atom is 0.119 e. The molecule has 1 aromatic carbocycles. The van der Waals surface area contributed by atoms with Gasteiger partial charge in [0.15, 0.2) is 0 Å². The summed E-state index contributed by atoms with van der Waals surface area (Å²) in [6.45, 7) is 2.06. The second-order valence-corrected chi connectivity index (χ2v) is 6.02. The van der Waals surface area contributed by atoms with Gasteiger partial charge >= 0.3 is 0 Å². The van der Waals surface area contributed by atoms with E-state index in [1.54, 1.807) is 7.11 Å². The first-order chi connectivity index (χ1) is 9.85. The van der Waals surface area contributed by atoms with Gasteiger partial charge in [0.25, 0.3) is 0 Å². The molecule has 1 aliphatic heterocycles. The summed E-state index contributed by atoms with van der Waals surface area (Å²) in [6.07, 6.45) is 6.67. The molecule has 1 unspecified atom stereocenters. The predicted octanol–water partition coefficient (Wildman–Crippen LogP) is 3.10. The molecule has 0 aromatic heterocycles. The number of methoxy groups -OCH3 is 1. The molecule has 0 radical (unpaired) electrons. The first kappa shape index (κ1) is 13.9. The van der Waals surface area contributed by atoms with Crippen LogP contribution in [0.15, 0.2) is 24.3 Å². The van der Waals surface area contributed by atoms with E-state index in [-0.39, 0.29) is 0 Å². The summed E-state index contributed by atoms with van der Waals surface area (Å²) in [5, 5.41) is 3.66. The zero-order chi connectivity index (χ0) is 13.8. The number of ether oxygens (including phenoxy) is 2. The molecule has 0 amide bonds. The molecule has 110 valence electrons. The lowest BCUT2D eigenvalue weighted by atomic mass is 9.76. The monoisotopic (exact) mass is 275 g/mol. The van der Waals surface area contributed by atoms with Crippen LogP contribution in [0.5, 0.6) is 5.75 Å². The highest BCUT2D eigenvalue weighted by molar-refractivity contribution is 5.32. The Labute approximate surface area is 121 Å². The summed E-state index contributed by atoms with van der Waals surface area (Å²) < 4.78 is 10.9. The fourth-order valence-electron chi connectivity index (χ4n) is 3.27. The Morgan fingerprint density at radius 1 is 1.35 bits per heavy atom. The van der Waals surface area contributed by atoms with E-state index < -0.39 is 0 Å². The lowest BCUT2D eigenvalue weighted by Gasteiger charge is -2.36. The normalized spacial score (nSPS) is 29.1. The predicted molar refractivity (Wildman–Crippen MR) is 80.4 cm³/mol. The fraction of sp³-hybridized carbons (Fsp3) is 0.647. The van der Waals surface area contributed by atoms with E-state index >= 15 is 0 Å². The highest BCUT2D eigenvalue weighted by atomic mass is 16.5. The molecule has 1 aliphatic carbocycles. The summed E-state index contributed by atoms with van der Waals surface area (Å²) in [7, 11) is 1.73. The third-order valence-electron chi connectivity index (χ3n) is 4.63. The Morgan fingerprint density at radius 3 is 3.00 bits per heavy atom. The van der Waals surface area contributed by atoms with Gasteiger partial charge in [-0.05, 0) is 62.3 Å². The van der Waals surface area contributed by atoms with Gasteiger partial charge < -0.3 is 14.8 Å². The zero-order valence-corrected chi connectivity index (χ0v) is 12.3. The van der Waals surface area contributed by atoms with E-state index in [9.17, 15) is 0 Å². The van der Waals surface area contributed by atoms with E-state index in [1.165, 1.54) is 37.7 Å². The van der Waals surface area contributed by atoms with Crippen molar-refractivity contribution in [2.75, 3.05) is 20.3 Å². The highest BCUT2D eigenvalue weighted by Crippen LogP contribution is 2.37. The van der Waals surface area contributed by atoms with Gasteiger partial charge in [-0.1, -0.05) is 12.1 Å². The number of hydrogen-bond acceptors (Lipinski definition) is 3. The fourth-order valence-corrected chi connectivity index (χ4v) is 3.27. The van der Waals surface area contributed by atoms with Gasteiger partial charge in [0.2, 0.25) is 0 Å². The van der Waals surface area contributed by atoms with Gasteiger partial charge in [0.05, 0.1) is 13.2 Å². The van der Waals surface area contributed by atoms with Crippen molar-refractivity contribution in [3.05, 3.63) is 29.8 Å². The second kappa shape index (κ2) is 6.59. The van der Waals surface area contributed by atoms with E-state index in [4.69, 9.17) is 9.47 Å². The van der Waals surface area contributed by atoms with Crippen molar-refractivity contribution in [1.82, 2.24) is 5.32 Å². The van der Waals surface area contributed by atoms with Crippen molar-refractivity contribution in [2.24, 2.45) is 0 Å². The molecule has 0 bridgehead atoms. The average molecular weight is 275 g/mol. The van der Waals surface area contributed by atoms with Crippen molar-refractivity contribution in [2.45, 2.75) is 50.2 Å². The first-order valence-electron chi connectivity index (χ1n) is 7.84. The van der Waals surface area contributed by atoms with Crippen LogP contribution in [0.25, 0.3) is 0 Å². The lowest BCUT2D eigenvalue weighted by molar-refractivity contribution is 0.102. The van der Waals surface area contributed by atoms with Gasteiger partial charge in [-0.2, -0.15) is 0 Å².